The number of halogens is 1. The highest BCUT2D eigenvalue weighted by Gasteiger charge is 2.10. The molecule has 7 heteroatoms. The average molecular weight is 312 g/mol. The van der Waals surface area contributed by atoms with E-state index in [0.29, 0.717) is 5.92 Å². The number of nitrogens with zero attached hydrogens (tertiary/aromatic N) is 4. The van der Waals surface area contributed by atoms with Gasteiger partial charge in [-0.15, -0.1) is 5.10 Å². The van der Waals surface area contributed by atoms with Gasteiger partial charge in [-0.05, 0) is 52.3 Å². The van der Waals surface area contributed by atoms with E-state index in [1.54, 1.807) is 4.68 Å². The predicted octanol–water partition coefficient (Wildman–Crippen LogP) is 2.76. The second-order valence-electron chi connectivity index (χ2n) is 4.96. The number of aromatic nitrogens is 4. The highest BCUT2D eigenvalue weighted by Crippen LogP contribution is 2.30. The molecule has 0 spiro atoms. The lowest BCUT2D eigenvalue weighted by atomic mass is 10.2. The molecule has 1 N–H and O–H groups in total. The number of aryl methyl sites for hydroxylation is 1. The molecule has 0 saturated heterocycles. The molecule has 0 unspecified atom stereocenters. The van der Waals surface area contributed by atoms with Crippen LogP contribution in [0.3, 0.4) is 0 Å². The van der Waals surface area contributed by atoms with Gasteiger partial charge in [0.05, 0.1) is 0 Å². The SMILES string of the molecule is CC(C)CNCc1ccc(Cl)cc1Sc1nnnn1C. The number of hydrogen-bond donors (Lipinski definition) is 1. The Morgan fingerprint density at radius 2 is 2.20 bits per heavy atom. The molecule has 108 valence electrons. The Labute approximate surface area is 128 Å². The summed E-state index contributed by atoms with van der Waals surface area (Å²) in [6, 6.07) is 5.90. The van der Waals surface area contributed by atoms with Crippen molar-refractivity contribution in [2.45, 2.75) is 30.4 Å². The van der Waals surface area contributed by atoms with Crippen molar-refractivity contribution in [1.29, 1.82) is 0 Å². The van der Waals surface area contributed by atoms with Crippen LogP contribution in [-0.2, 0) is 13.6 Å². The molecule has 1 aromatic heterocycles. The fourth-order valence-corrected chi connectivity index (χ4v) is 2.81. The summed E-state index contributed by atoms with van der Waals surface area (Å²) in [7, 11) is 1.82. The summed E-state index contributed by atoms with van der Waals surface area (Å²) >= 11 is 7.61. The fourth-order valence-electron chi connectivity index (χ4n) is 1.67. The van der Waals surface area contributed by atoms with E-state index >= 15 is 0 Å². The summed E-state index contributed by atoms with van der Waals surface area (Å²) in [5.41, 5.74) is 1.20. The lowest BCUT2D eigenvalue weighted by Crippen LogP contribution is -2.19. The van der Waals surface area contributed by atoms with Gasteiger partial charge >= 0.3 is 0 Å². The quantitative estimate of drug-likeness (QED) is 0.889. The zero-order valence-electron chi connectivity index (χ0n) is 11.8. The van der Waals surface area contributed by atoms with Gasteiger partial charge in [0, 0.05) is 23.5 Å². The van der Waals surface area contributed by atoms with E-state index < -0.39 is 0 Å². The Hall–Kier alpha value is -1.11. The third-order valence-corrected chi connectivity index (χ3v) is 4.04. The van der Waals surface area contributed by atoms with Crippen LogP contribution in [0.1, 0.15) is 19.4 Å². The van der Waals surface area contributed by atoms with Crippen LogP contribution in [-0.4, -0.2) is 26.8 Å². The van der Waals surface area contributed by atoms with Gasteiger partial charge in [-0.1, -0.05) is 31.5 Å². The maximum Gasteiger partial charge on any atom is 0.213 e. The van der Waals surface area contributed by atoms with Crippen molar-refractivity contribution in [2.24, 2.45) is 13.0 Å². The molecule has 0 aliphatic carbocycles. The molecule has 0 atom stereocenters. The lowest BCUT2D eigenvalue weighted by Gasteiger charge is -2.11. The van der Waals surface area contributed by atoms with E-state index in [2.05, 4.69) is 34.7 Å². The number of benzene rings is 1. The van der Waals surface area contributed by atoms with Gasteiger partial charge in [-0.2, -0.15) is 0 Å². The van der Waals surface area contributed by atoms with Crippen molar-refractivity contribution >= 4 is 23.4 Å². The third-order valence-electron chi connectivity index (χ3n) is 2.68. The van der Waals surface area contributed by atoms with E-state index in [-0.39, 0.29) is 0 Å². The summed E-state index contributed by atoms with van der Waals surface area (Å²) in [6.07, 6.45) is 0. The highest BCUT2D eigenvalue weighted by molar-refractivity contribution is 7.99. The van der Waals surface area contributed by atoms with E-state index in [1.165, 1.54) is 17.3 Å². The molecular formula is C13H18ClN5S. The van der Waals surface area contributed by atoms with E-state index in [1.807, 2.05) is 25.2 Å². The van der Waals surface area contributed by atoms with Gasteiger partial charge < -0.3 is 5.32 Å². The molecule has 0 fully saturated rings. The minimum atomic E-state index is 0.626. The molecule has 0 radical (unpaired) electrons. The second kappa shape index (κ2) is 7.06. The average Bonchev–Trinajstić information content (AvgIpc) is 2.77. The first-order chi connectivity index (χ1) is 9.56. The topological polar surface area (TPSA) is 55.6 Å². The molecule has 0 amide bonds. The molecule has 5 nitrogen and oxygen atoms in total. The van der Waals surface area contributed by atoms with E-state index in [0.717, 1.165) is 28.2 Å². The smallest absolute Gasteiger partial charge is 0.213 e. The molecule has 2 aromatic rings. The van der Waals surface area contributed by atoms with Crippen LogP contribution < -0.4 is 5.32 Å². The Balaban J connectivity index is 2.13. The molecule has 20 heavy (non-hydrogen) atoms. The van der Waals surface area contributed by atoms with Crippen LogP contribution in [0.5, 0.6) is 0 Å². The summed E-state index contributed by atoms with van der Waals surface area (Å²) in [5.74, 6) is 0.626. The molecular weight excluding hydrogens is 294 g/mol. The molecule has 0 saturated carbocycles. The monoisotopic (exact) mass is 311 g/mol. The van der Waals surface area contributed by atoms with Crippen molar-refractivity contribution in [2.75, 3.05) is 6.54 Å². The first kappa shape index (κ1) is 15.3. The van der Waals surface area contributed by atoms with Gasteiger partial charge in [0.15, 0.2) is 0 Å². The first-order valence-corrected chi connectivity index (χ1v) is 7.65. The predicted molar refractivity (Wildman–Crippen MR) is 80.9 cm³/mol. The summed E-state index contributed by atoms with van der Waals surface area (Å²) in [4.78, 5) is 1.08. The van der Waals surface area contributed by atoms with Gasteiger partial charge in [0.25, 0.3) is 0 Å². The van der Waals surface area contributed by atoms with Crippen LogP contribution in [0.25, 0.3) is 0 Å². The second-order valence-corrected chi connectivity index (χ2v) is 6.41. The maximum absolute atomic E-state index is 6.09. The Morgan fingerprint density at radius 3 is 2.85 bits per heavy atom. The number of hydrogen-bond acceptors (Lipinski definition) is 5. The Kier molecular flexibility index (Phi) is 5.39. The minimum absolute atomic E-state index is 0.626. The Morgan fingerprint density at radius 1 is 1.40 bits per heavy atom. The van der Waals surface area contributed by atoms with Gasteiger partial charge in [0.2, 0.25) is 5.16 Å². The number of rotatable bonds is 6. The molecule has 2 rings (SSSR count). The number of nitrogens with one attached hydrogen (secondary N) is 1. The molecule has 0 aliphatic heterocycles. The maximum atomic E-state index is 6.09. The van der Waals surface area contributed by atoms with Crippen molar-refractivity contribution in [3.63, 3.8) is 0 Å². The van der Waals surface area contributed by atoms with Crippen molar-refractivity contribution in [1.82, 2.24) is 25.5 Å². The lowest BCUT2D eigenvalue weighted by molar-refractivity contribution is 0.550. The van der Waals surface area contributed by atoms with Crippen LogP contribution >= 0.6 is 23.4 Å². The minimum Gasteiger partial charge on any atom is -0.312 e. The zero-order chi connectivity index (χ0) is 14.5. The standard InChI is InChI=1S/C13H18ClN5S/c1-9(2)7-15-8-10-4-5-11(14)6-12(10)20-13-16-17-18-19(13)3/h4-6,9,15H,7-8H2,1-3H3. The van der Waals surface area contributed by atoms with Crippen molar-refractivity contribution in [3.8, 4) is 0 Å². The first-order valence-electron chi connectivity index (χ1n) is 6.45. The van der Waals surface area contributed by atoms with E-state index in [9.17, 15) is 0 Å². The van der Waals surface area contributed by atoms with Crippen molar-refractivity contribution in [3.05, 3.63) is 28.8 Å². The van der Waals surface area contributed by atoms with Crippen LogP contribution in [0.2, 0.25) is 5.02 Å². The van der Waals surface area contributed by atoms with Gasteiger partial charge in [0.1, 0.15) is 0 Å². The third kappa shape index (κ3) is 4.19. The zero-order valence-corrected chi connectivity index (χ0v) is 13.4. The van der Waals surface area contributed by atoms with E-state index in [4.69, 9.17) is 11.6 Å². The Bertz CT molecular complexity index is 570. The molecule has 0 aliphatic rings. The largest absolute Gasteiger partial charge is 0.312 e. The van der Waals surface area contributed by atoms with Crippen molar-refractivity contribution < 1.29 is 0 Å². The van der Waals surface area contributed by atoms with Crippen LogP contribution in [0.4, 0.5) is 0 Å². The molecule has 1 heterocycles. The summed E-state index contributed by atoms with van der Waals surface area (Å²) < 4.78 is 1.65. The molecule has 1 aromatic carbocycles. The normalized spacial score (nSPS) is 11.2. The van der Waals surface area contributed by atoms with Gasteiger partial charge in [-0.25, -0.2) is 4.68 Å². The van der Waals surface area contributed by atoms with Gasteiger partial charge in [-0.3, -0.25) is 0 Å². The molecule has 0 bridgehead atoms. The summed E-state index contributed by atoms with van der Waals surface area (Å²) in [5, 5.41) is 16.4. The summed E-state index contributed by atoms with van der Waals surface area (Å²) in [6.45, 7) is 6.17. The van der Waals surface area contributed by atoms with Crippen LogP contribution in [0.15, 0.2) is 28.3 Å². The number of tetrazole rings is 1. The fraction of sp³-hybridized carbons (Fsp3) is 0.462. The van der Waals surface area contributed by atoms with Crippen LogP contribution in [0, 0.1) is 5.92 Å². The highest BCUT2D eigenvalue weighted by atomic mass is 35.5.